The Kier molecular flexibility index (Phi) is 6.82. The SMILES string of the molecule is CN(C)C(=S)SC(CCC(=O)O)c1ccccc1-c1ccccc1. The van der Waals surface area contributed by atoms with Crippen LogP contribution in [0.5, 0.6) is 0 Å². The number of thioether (sulfide) groups is 1. The van der Waals surface area contributed by atoms with Crippen molar-refractivity contribution in [2.24, 2.45) is 0 Å². The van der Waals surface area contributed by atoms with Gasteiger partial charge < -0.3 is 10.0 Å². The first-order valence-electron chi connectivity index (χ1n) is 7.73. The Balaban J connectivity index is 2.38. The standard InChI is InChI=1S/C19H21NO2S2/c1-20(2)19(23)24-17(12-13-18(21)22)16-11-7-6-10-15(16)14-8-4-3-5-9-14/h3-11,17H,12-13H2,1-2H3,(H,21,22). The molecule has 0 amide bonds. The summed E-state index contributed by atoms with van der Waals surface area (Å²) < 4.78 is 0.758. The van der Waals surface area contributed by atoms with Gasteiger partial charge in [0.1, 0.15) is 4.32 Å². The Hall–Kier alpha value is -1.85. The summed E-state index contributed by atoms with van der Waals surface area (Å²) in [6.45, 7) is 0. The van der Waals surface area contributed by atoms with Crippen LogP contribution in [0.15, 0.2) is 54.6 Å². The fourth-order valence-corrected chi connectivity index (χ4v) is 3.79. The first-order chi connectivity index (χ1) is 11.5. The number of nitrogens with zero attached hydrogens (tertiary/aromatic N) is 1. The van der Waals surface area contributed by atoms with Crippen LogP contribution < -0.4 is 0 Å². The largest absolute Gasteiger partial charge is 0.481 e. The second-order valence-corrected chi connectivity index (χ2v) is 7.49. The van der Waals surface area contributed by atoms with Gasteiger partial charge in [0.25, 0.3) is 0 Å². The number of carbonyl (C=O) groups is 1. The van der Waals surface area contributed by atoms with Crippen molar-refractivity contribution in [1.82, 2.24) is 4.90 Å². The minimum absolute atomic E-state index is 0.00686. The van der Waals surface area contributed by atoms with Gasteiger partial charge in [-0.2, -0.15) is 0 Å². The average molecular weight is 360 g/mol. The van der Waals surface area contributed by atoms with Crippen molar-refractivity contribution >= 4 is 34.3 Å². The third-order valence-electron chi connectivity index (χ3n) is 3.62. The molecule has 0 aliphatic heterocycles. The van der Waals surface area contributed by atoms with Crippen molar-refractivity contribution in [2.45, 2.75) is 18.1 Å². The van der Waals surface area contributed by atoms with Crippen LogP contribution in [0.1, 0.15) is 23.7 Å². The molecule has 0 bridgehead atoms. The quantitative estimate of drug-likeness (QED) is 0.748. The van der Waals surface area contributed by atoms with E-state index in [1.54, 1.807) is 11.8 Å². The Labute approximate surface area is 152 Å². The maximum atomic E-state index is 11.1. The molecule has 0 aliphatic carbocycles. The van der Waals surface area contributed by atoms with Crippen LogP contribution in [0.3, 0.4) is 0 Å². The van der Waals surface area contributed by atoms with Crippen LogP contribution in [-0.2, 0) is 4.79 Å². The topological polar surface area (TPSA) is 40.5 Å². The molecule has 2 rings (SSSR count). The minimum atomic E-state index is -0.784. The van der Waals surface area contributed by atoms with E-state index in [9.17, 15) is 4.79 Å². The van der Waals surface area contributed by atoms with E-state index in [1.165, 1.54) is 0 Å². The van der Waals surface area contributed by atoms with Crippen molar-refractivity contribution < 1.29 is 9.90 Å². The highest BCUT2D eigenvalue weighted by molar-refractivity contribution is 8.23. The highest BCUT2D eigenvalue weighted by Crippen LogP contribution is 2.39. The molecular weight excluding hydrogens is 338 g/mol. The number of thiocarbonyl (C=S) groups is 1. The van der Waals surface area contributed by atoms with E-state index in [0.717, 1.165) is 21.0 Å². The van der Waals surface area contributed by atoms with Gasteiger partial charge in [-0.05, 0) is 23.1 Å². The molecule has 5 heteroatoms. The minimum Gasteiger partial charge on any atom is -0.481 e. The van der Waals surface area contributed by atoms with Crippen LogP contribution in [0, 0.1) is 0 Å². The van der Waals surface area contributed by atoms with Crippen LogP contribution >= 0.6 is 24.0 Å². The zero-order valence-electron chi connectivity index (χ0n) is 13.8. The van der Waals surface area contributed by atoms with E-state index < -0.39 is 5.97 Å². The van der Waals surface area contributed by atoms with Crippen molar-refractivity contribution in [3.63, 3.8) is 0 Å². The number of rotatable bonds is 6. The van der Waals surface area contributed by atoms with Gasteiger partial charge in [-0.3, -0.25) is 4.79 Å². The van der Waals surface area contributed by atoms with E-state index in [4.69, 9.17) is 17.3 Å². The molecular formula is C19H21NO2S2. The zero-order valence-corrected chi connectivity index (χ0v) is 15.4. The average Bonchev–Trinajstić information content (AvgIpc) is 2.59. The lowest BCUT2D eigenvalue weighted by Gasteiger charge is -2.23. The van der Waals surface area contributed by atoms with E-state index in [1.807, 2.05) is 49.3 Å². The lowest BCUT2D eigenvalue weighted by atomic mass is 9.96. The predicted molar refractivity (Wildman–Crippen MR) is 105 cm³/mol. The molecule has 24 heavy (non-hydrogen) atoms. The van der Waals surface area contributed by atoms with Crippen LogP contribution in [-0.4, -0.2) is 34.4 Å². The molecule has 2 aromatic rings. The van der Waals surface area contributed by atoms with Gasteiger partial charge in [-0.1, -0.05) is 78.6 Å². The molecule has 126 valence electrons. The maximum Gasteiger partial charge on any atom is 0.303 e. The monoisotopic (exact) mass is 359 g/mol. The number of hydrogen-bond donors (Lipinski definition) is 1. The third kappa shape index (κ3) is 5.08. The molecule has 0 saturated carbocycles. The second-order valence-electron chi connectivity index (χ2n) is 5.65. The smallest absolute Gasteiger partial charge is 0.303 e. The van der Waals surface area contributed by atoms with Gasteiger partial charge in [0.2, 0.25) is 0 Å². The summed E-state index contributed by atoms with van der Waals surface area (Å²) in [5.74, 6) is -0.784. The molecule has 0 saturated heterocycles. The highest BCUT2D eigenvalue weighted by atomic mass is 32.2. The summed E-state index contributed by atoms with van der Waals surface area (Å²) in [5.41, 5.74) is 3.38. The van der Waals surface area contributed by atoms with Gasteiger partial charge in [-0.15, -0.1) is 0 Å². The first-order valence-corrected chi connectivity index (χ1v) is 9.02. The zero-order chi connectivity index (χ0) is 17.5. The van der Waals surface area contributed by atoms with Crippen LogP contribution in [0.4, 0.5) is 0 Å². The lowest BCUT2D eigenvalue weighted by molar-refractivity contribution is -0.137. The van der Waals surface area contributed by atoms with E-state index >= 15 is 0 Å². The van der Waals surface area contributed by atoms with E-state index in [2.05, 4.69) is 24.3 Å². The van der Waals surface area contributed by atoms with Gasteiger partial charge in [0.05, 0.1) is 0 Å². The molecule has 0 aromatic heterocycles. The molecule has 1 N–H and O–H groups in total. The van der Waals surface area contributed by atoms with E-state index in [-0.39, 0.29) is 11.7 Å². The number of aliphatic carboxylic acids is 1. The number of benzene rings is 2. The summed E-state index contributed by atoms with van der Waals surface area (Å²) in [5, 5.41) is 9.09. The number of carboxylic acid groups (broad SMARTS) is 1. The molecule has 3 nitrogen and oxygen atoms in total. The Morgan fingerprint density at radius 1 is 1.12 bits per heavy atom. The molecule has 2 aromatic carbocycles. The van der Waals surface area contributed by atoms with Crippen molar-refractivity contribution in [3.05, 3.63) is 60.2 Å². The Morgan fingerprint density at radius 2 is 1.75 bits per heavy atom. The molecule has 0 spiro atoms. The number of hydrogen-bond acceptors (Lipinski definition) is 3. The summed E-state index contributed by atoms with van der Waals surface area (Å²) in [6, 6.07) is 18.3. The van der Waals surface area contributed by atoms with Gasteiger partial charge in [0, 0.05) is 25.8 Å². The normalized spacial score (nSPS) is 11.8. The summed E-state index contributed by atoms with van der Waals surface area (Å²) in [7, 11) is 3.82. The Morgan fingerprint density at radius 3 is 2.38 bits per heavy atom. The molecule has 0 aliphatic rings. The predicted octanol–water partition coefficient (Wildman–Crippen LogP) is 4.84. The van der Waals surface area contributed by atoms with Gasteiger partial charge in [-0.25, -0.2) is 0 Å². The third-order valence-corrected chi connectivity index (χ3v) is 5.62. The maximum absolute atomic E-state index is 11.1. The van der Waals surface area contributed by atoms with Gasteiger partial charge in [0.15, 0.2) is 0 Å². The molecule has 0 radical (unpaired) electrons. The van der Waals surface area contributed by atoms with Crippen LogP contribution in [0.2, 0.25) is 0 Å². The summed E-state index contributed by atoms with van der Waals surface area (Å²) in [6.07, 6.45) is 0.661. The second kappa shape index (κ2) is 8.85. The van der Waals surface area contributed by atoms with Crippen LogP contribution in [0.25, 0.3) is 11.1 Å². The lowest BCUT2D eigenvalue weighted by Crippen LogP contribution is -2.18. The van der Waals surface area contributed by atoms with Crippen molar-refractivity contribution in [2.75, 3.05) is 14.1 Å². The Bertz CT molecular complexity index is 702. The van der Waals surface area contributed by atoms with E-state index in [0.29, 0.717) is 6.42 Å². The number of carboxylic acids is 1. The van der Waals surface area contributed by atoms with Crippen molar-refractivity contribution in [1.29, 1.82) is 0 Å². The van der Waals surface area contributed by atoms with Gasteiger partial charge >= 0.3 is 5.97 Å². The van der Waals surface area contributed by atoms with Crippen molar-refractivity contribution in [3.8, 4) is 11.1 Å². The molecule has 1 unspecified atom stereocenters. The highest BCUT2D eigenvalue weighted by Gasteiger charge is 2.20. The summed E-state index contributed by atoms with van der Waals surface area (Å²) in [4.78, 5) is 12.9. The summed E-state index contributed by atoms with van der Waals surface area (Å²) >= 11 is 6.99. The fourth-order valence-electron chi connectivity index (χ4n) is 2.42. The molecule has 1 atom stereocenters. The first kappa shape index (κ1) is 18.5. The molecule has 0 fully saturated rings. The molecule has 0 heterocycles. The fraction of sp³-hybridized carbons (Fsp3) is 0.263.